The van der Waals surface area contributed by atoms with Gasteiger partial charge in [-0.25, -0.2) is 4.39 Å². The van der Waals surface area contributed by atoms with Crippen molar-refractivity contribution >= 4 is 22.4 Å². The highest BCUT2D eigenvalue weighted by Crippen LogP contribution is 2.22. The molecule has 0 aliphatic heterocycles. The Hall–Kier alpha value is -3.19. The number of halogens is 1. The Morgan fingerprint density at radius 1 is 1.03 bits per heavy atom. The van der Waals surface area contributed by atoms with E-state index in [0.29, 0.717) is 4.53 Å². The van der Waals surface area contributed by atoms with Crippen molar-refractivity contribution < 1.29 is 4.39 Å². The molecule has 0 spiro atoms. The predicted molar refractivity (Wildman–Crippen MR) is 117 cm³/mol. The van der Waals surface area contributed by atoms with E-state index in [1.807, 2.05) is 24.3 Å². The van der Waals surface area contributed by atoms with Gasteiger partial charge in [-0.3, -0.25) is 9.59 Å². The molecular formula is C23H20FN3O2S. The molecule has 2 heterocycles. The second-order valence-electron chi connectivity index (χ2n) is 8.15. The van der Waals surface area contributed by atoms with Crippen LogP contribution in [0.1, 0.15) is 43.2 Å². The van der Waals surface area contributed by atoms with E-state index in [1.54, 1.807) is 18.2 Å². The van der Waals surface area contributed by atoms with Gasteiger partial charge in [0.15, 0.2) is 0 Å². The van der Waals surface area contributed by atoms with Crippen LogP contribution in [0.3, 0.4) is 0 Å². The lowest BCUT2D eigenvalue weighted by Crippen LogP contribution is -2.28. The van der Waals surface area contributed by atoms with Crippen LogP contribution in [-0.2, 0) is 11.8 Å². The van der Waals surface area contributed by atoms with Crippen LogP contribution >= 0.6 is 11.3 Å². The van der Waals surface area contributed by atoms with Gasteiger partial charge in [-0.15, -0.1) is 0 Å². The Morgan fingerprint density at radius 2 is 1.70 bits per heavy atom. The maximum Gasteiger partial charge on any atom is 0.296 e. The van der Waals surface area contributed by atoms with E-state index < -0.39 is 5.56 Å². The average Bonchev–Trinajstić information content (AvgIpc) is 2.98. The maximum absolute atomic E-state index is 13.1. The molecule has 2 aromatic carbocycles. The minimum atomic E-state index is -0.485. The van der Waals surface area contributed by atoms with Crippen LogP contribution in [0.4, 0.5) is 4.39 Å². The third kappa shape index (κ3) is 4.07. The fourth-order valence-electron chi connectivity index (χ4n) is 3.08. The topological polar surface area (TPSA) is 64.3 Å². The number of hydrogen-bond acceptors (Lipinski definition) is 5. The summed E-state index contributed by atoms with van der Waals surface area (Å²) < 4.78 is 14.7. The second-order valence-corrected chi connectivity index (χ2v) is 9.16. The Kier molecular flexibility index (Phi) is 5.07. The zero-order valence-corrected chi connectivity index (χ0v) is 17.7. The first kappa shape index (κ1) is 20.1. The Balaban J connectivity index is 1.73. The summed E-state index contributed by atoms with van der Waals surface area (Å²) in [5.74, 6) is -0.354. The molecule has 4 rings (SSSR count). The second kappa shape index (κ2) is 7.57. The van der Waals surface area contributed by atoms with Gasteiger partial charge in [0.05, 0.1) is 4.53 Å². The molecule has 30 heavy (non-hydrogen) atoms. The summed E-state index contributed by atoms with van der Waals surface area (Å²) >= 11 is 1.13. The van der Waals surface area contributed by atoms with Gasteiger partial charge < -0.3 is 0 Å². The van der Waals surface area contributed by atoms with Gasteiger partial charge in [0.25, 0.3) is 11.1 Å². The number of hydrogen-bond donors (Lipinski definition) is 0. The van der Waals surface area contributed by atoms with Crippen molar-refractivity contribution in [2.24, 2.45) is 0 Å². The van der Waals surface area contributed by atoms with E-state index in [4.69, 9.17) is 0 Å². The zero-order valence-electron chi connectivity index (χ0n) is 16.8. The minimum Gasteiger partial charge on any atom is -0.266 e. The van der Waals surface area contributed by atoms with Crippen LogP contribution in [0.25, 0.3) is 11.0 Å². The van der Waals surface area contributed by atoms with Gasteiger partial charge in [0.2, 0.25) is 4.96 Å². The highest BCUT2D eigenvalue weighted by Gasteiger charge is 2.14. The summed E-state index contributed by atoms with van der Waals surface area (Å²) in [5, 5.41) is 4.23. The molecule has 0 unspecified atom stereocenters. The Bertz CT molecular complexity index is 1380. The molecule has 0 aliphatic rings. The zero-order chi connectivity index (χ0) is 21.5. The number of benzene rings is 2. The van der Waals surface area contributed by atoms with Gasteiger partial charge in [-0.1, -0.05) is 68.5 Å². The van der Waals surface area contributed by atoms with Crippen LogP contribution in [-0.4, -0.2) is 14.6 Å². The van der Waals surface area contributed by atoms with Crippen molar-refractivity contribution in [2.45, 2.75) is 32.6 Å². The standard InChI is InChI=1S/C23H20FN3O2S/c1-23(2,3)16-8-4-15(5-9-16)13-19-21(29)27-22(30-19)25-20(28)18(26-27)12-14-6-10-17(24)11-7-14/h4-11,13H,12H2,1-3H3/b19-13+. The van der Waals surface area contributed by atoms with E-state index in [9.17, 15) is 14.0 Å². The van der Waals surface area contributed by atoms with Crippen molar-refractivity contribution in [3.8, 4) is 0 Å². The van der Waals surface area contributed by atoms with Gasteiger partial charge in [0.1, 0.15) is 11.5 Å². The third-order valence-corrected chi connectivity index (χ3v) is 5.77. The van der Waals surface area contributed by atoms with E-state index in [-0.39, 0.29) is 33.9 Å². The maximum atomic E-state index is 13.1. The summed E-state index contributed by atoms with van der Waals surface area (Å²) in [5.41, 5.74) is 2.21. The molecule has 4 aromatic rings. The largest absolute Gasteiger partial charge is 0.296 e. The fourth-order valence-corrected chi connectivity index (χ4v) is 3.98. The molecule has 2 aromatic heterocycles. The third-order valence-electron chi connectivity index (χ3n) is 4.81. The monoisotopic (exact) mass is 421 g/mol. The van der Waals surface area contributed by atoms with E-state index >= 15 is 0 Å². The van der Waals surface area contributed by atoms with Crippen LogP contribution in [0, 0.1) is 5.82 Å². The van der Waals surface area contributed by atoms with Gasteiger partial charge in [0, 0.05) is 6.42 Å². The van der Waals surface area contributed by atoms with Crippen molar-refractivity contribution in [2.75, 3.05) is 0 Å². The van der Waals surface area contributed by atoms with Crippen LogP contribution < -0.4 is 15.7 Å². The Labute approximate surface area is 176 Å². The Morgan fingerprint density at radius 3 is 2.33 bits per heavy atom. The molecule has 152 valence electrons. The smallest absolute Gasteiger partial charge is 0.266 e. The highest BCUT2D eigenvalue weighted by molar-refractivity contribution is 7.15. The predicted octanol–water partition coefficient (Wildman–Crippen LogP) is 3.09. The summed E-state index contributed by atoms with van der Waals surface area (Å²) in [6.07, 6.45) is 1.96. The summed E-state index contributed by atoms with van der Waals surface area (Å²) in [4.78, 5) is 29.4. The van der Waals surface area contributed by atoms with Gasteiger partial charge >= 0.3 is 0 Å². The van der Waals surface area contributed by atoms with Crippen molar-refractivity contribution in [1.29, 1.82) is 0 Å². The lowest BCUT2D eigenvalue weighted by atomic mass is 9.87. The molecule has 0 radical (unpaired) electrons. The molecule has 0 aliphatic carbocycles. The molecule has 0 fully saturated rings. The number of rotatable bonds is 3. The number of thiazole rings is 1. The van der Waals surface area contributed by atoms with Crippen LogP contribution in [0.15, 0.2) is 58.1 Å². The first-order valence-corrected chi connectivity index (χ1v) is 10.3. The molecule has 0 atom stereocenters. The van der Waals surface area contributed by atoms with Crippen LogP contribution in [0.2, 0.25) is 0 Å². The summed E-state index contributed by atoms with van der Waals surface area (Å²) in [6.45, 7) is 6.43. The molecule has 0 amide bonds. The van der Waals surface area contributed by atoms with E-state index in [0.717, 1.165) is 22.5 Å². The van der Waals surface area contributed by atoms with Crippen LogP contribution in [0.5, 0.6) is 0 Å². The highest BCUT2D eigenvalue weighted by atomic mass is 32.1. The molecule has 0 N–H and O–H groups in total. The lowest BCUT2D eigenvalue weighted by molar-refractivity contribution is 0.590. The van der Waals surface area contributed by atoms with E-state index in [1.165, 1.54) is 22.2 Å². The molecule has 0 saturated heterocycles. The fraction of sp³-hybridized carbons (Fsp3) is 0.217. The minimum absolute atomic E-state index is 0.0506. The quantitative estimate of drug-likeness (QED) is 0.510. The lowest BCUT2D eigenvalue weighted by Gasteiger charge is -2.18. The first-order chi connectivity index (χ1) is 14.2. The van der Waals surface area contributed by atoms with Crippen molar-refractivity contribution in [3.63, 3.8) is 0 Å². The number of fused-ring (bicyclic) bond motifs is 1. The summed E-state index contributed by atoms with van der Waals surface area (Å²) in [6, 6.07) is 13.8. The van der Waals surface area contributed by atoms with Crippen molar-refractivity contribution in [3.05, 3.63) is 102 Å². The van der Waals surface area contributed by atoms with E-state index in [2.05, 4.69) is 30.9 Å². The van der Waals surface area contributed by atoms with Gasteiger partial charge in [-0.05, 0) is 40.3 Å². The van der Waals surface area contributed by atoms with Crippen molar-refractivity contribution in [1.82, 2.24) is 14.6 Å². The molecule has 0 bridgehead atoms. The SMILES string of the molecule is CC(C)(C)c1ccc(/C=c2/sc3nc(=O)c(Cc4ccc(F)cc4)nn3c2=O)cc1. The average molecular weight is 421 g/mol. The molecule has 5 nitrogen and oxygen atoms in total. The molecule has 0 saturated carbocycles. The molecule has 7 heteroatoms. The number of aromatic nitrogens is 3. The molecular weight excluding hydrogens is 401 g/mol. The summed E-state index contributed by atoms with van der Waals surface area (Å²) in [7, 11) is 0. The normalized spacial score (nSPS) is 12.6. The van der Waals surface area contributed by atoms with Gasteiger partial charge in [-0.2, -0.15) is 14.6 Å². The number of nitrogens with zero attached hydrogens (tertiary/aromatic N) is 3. The first-order valence-electron chi connectivity index (χ1n) is 9.50.